The van der Waals surface area contributed by atoms with Crippen LogP contribution < -0.4 is 15.0 Å². The van der Waals surface area contributed by atoms with Gasteiger partial charge in [-0.2, -0.15) is 11.3 Å². The van der Waals surface area contributed by atoms with E-state index in [0.717, 1.165) is 18.5 Å². The van der Waals surface area contributed by atoms with Crippen molar-refractivity contribution < 1.29 is 19.1 Å². The van der Waals surface area contributed by atoms with Crippen LogP contribution in [0.4, 0.5) is 5.69 Å². The Balaban J connectivity index is 1.33. The van der Waals surface area contributed by atoms with Gasteiger partial charge in [-0.3, -0.25) is 14.4 Å². The molecule has 7 nitrogen and oxygen atoms in total. The maximum absolute atomic E-state index is 13.1. The molecule has 0 bridgehead atoms. The maximum atomic E-state index is 13.1. The van der Waals surface area contributed by atoms with E-state index >= 15 is 0 Å². The minimum Gasteiger partial charge on any atom is -0.492 e. The van der Waals surface area contributed by atoms with E-state index in [-0.39, 0.29) is 36.1 Å². The third-order valence-corrected chi connectivity index (χ3v) is 6.54. The minimum atomic E-state index is -0.348. The molecule has 1 aromatic heterocycles. The quantitative estimate of drug-likeness (QED) is 0.748. The van der Waals surface area contributed by atoms with E-state index in [1.54, 1.807) is 4.90 Å². The molecule has 0 spiro atoms. The van der Waals surface area contributed by atoms with Crippen LogP contribution in [0.2, 0.25) is 0 Å². The molecular formula is C23H27N3O4S. The topological polar surface area (TPSA) is 79.0 Å². The number of piperidine rings is 1. The van der Waals surface area contributed by atoms with Crippen LogP contribution >= 0.6 is 11.3 Å². The fourth-order valence-corrected chi connectivity index (χ4v) is 4.86. The van der Waals surface area contributed by atoms with Crippen LogP contribution in [-0.4, -0.2) is 54.9 Å². The van der Waals surface area contributed by atoms with E-state index in [1.165, 1.54) is 11.3 Å². The highest BCUT2D eigenvalue weighted by molar-refractivity contribution is 7.08. The van der Waals surface area contributed by atoms with Crippen LogP contribution in [0.5, 0.6) is 5.75 Å². The molecule has 0 saturated carbocycles. The highest BCUT2D eigenvalue weighted by Gasteiger charge is 2.39. The first-order valence-corrected chi connectivity index (χ1v) is 11.6. The zero-order valence-electron chi connectivity index (χ0n) is 17.6. The van der Waals surface area contributed by atoms with Crippen molar-refractivity contribution in [2.45, 2.75) is 32.2 Å². The number of nitrogens with zero attached hydrogens (tertiary/aromatic N) is 2. The monoisotopic (exact) mass is 441 g/mol. The summed E-state index contributed by atoms with van der Waals surface area (Å²) in [5.74, 6) is 0.222. The summed E-state index contributed by atoms with van der Waals surface area (Å²) < 4.78 is 5.66. The van der Waals surface area contributed by atoms with Crippen LogP contribution in [0.25, 0.3) is 0 Å². The second kappa shape index (κ2) is 9.51. The Morgan fingerprint density at radius 2 is 1.97 bits per heavy atom. The van der Waals surface area contributed by atoms with Gasteiger partial charge in [0.1, 0.15) is 5.75 Å². The first-order valence-electron chi connectivity index (χ1n) is 10.7. The van der Waals surface area contributed by atoms with Gasteiger partial charge in [-0.15, -0.1) is 0 Å². The molecule has 2 aromatic rings. The van der Waals surface area contributed by atoms with Crippen LogP contribution in [-0.2, 0) is 9.59 Å². The molecule has 3 amide bonds. The molecule has 31 heavy (non-hydrogen) atoms. The molecule has 2 fully saturated rings. The number of anilines is 1. The molecule has 0 radical (unpaired) electrons. The minimum absolute atomic E-state index is 0.0207. The number of hydrogen-bond acceptors (Lipinski definition) is 5. The molecule has 0 aliphatic carbocycles. The van der Waals surface area contributed by atoms with Gasteiger partial charge in [0.05, 0.1) is 18.2 Å². The van der Waals surface area contributed by atoms with Crippen molar-refractivity contribution >= 4 is 34.7 Å². The van der Waals surface area contributed by atoms with E-state index in [2.05, 4.69) is 5.32 Å². The number of carbonyl (C=O) groups is 3. The van der Waals surface area contributed by atoms with Gasteiger partial charge < -0.3 is 19.9 Å². The highest BCUT2D eigenvalue weighted by Crippen LogP contribution is 2.33. The Morgan fingerprint density at radius 1 is 1.19 bits per heavy atom. The second-order valence-corrected chi connectivity index (χ2v) is 8.67. The van der Waals surface area contributed by atoms with E-state index in [0.29, 0.717) is 37.6 Å². The van der Waals surface area contributed by atoms with E-state index in [4.69, 9.17) is 4.74 Å². The fourth-order valence-electron chi connectivity index (χ4n) is 4.23. The van der Waals surface area contributed by atoms with Gasteiger partial charge in [0.15, 0.2) is 0 Å². The summed E-state index contributed by atoms with van der Waals surface area (Å²) in [6, 6.07) is 9.32. The van der Waals surface area contributed by atoms with Gasteiger partial charge in [-0.25, -0.2) is 0 Å². The Labute approximate surface area is 186 Å². The number of rotatable bonds is 6. The van der Waals surface area contributed by atoms with E-state index in [9.17, 15) is 14.4 Å². The zero-order valence-corrected chi connectivity index (χ0v) is 18.4. The van der Waals surface area contributed by atoms with E-state index in [1.807, 2.05) is 52.9 Å². The number of nitrogens with one attached hydrogen (secondary N) is 1. The summed E-state index contributed by atoms with van der Waals surface area (Å²) in [5, 5.41) is 6.78. The summed E-state index contributed by atoms with van der Waals surface area (Å²) in [5.41, 5.74) is 1.40. The van der Waals surface area contributed by atoms with Gasteiger partial charge in [0, 0.05) is 43.0 Å². The average Bonchev–Trinajstić information content (AvgIpc) is 3.45. The van der Waals surface area contributed by atoms with Gasteiger partial charge in [0.2, 0.25) is 11.8 Å². The summed E-state index contributed by atoms with van der Waals surface area (Å²) in [6.07, 6.45) is 1.66. The number of benzene rings is 1. The largest absolute Gasteiger partial charge is 0.492 e. The summed E-state index contributed by atoms with van der Waals surface area (Å²) in [6.45, 7) is 3.97. The molecule has 1 unspecified atom stereocenters. The molecule has 1 aromatic carbocycles. The van der Waals surface area contributed by atoms with Gasteiger partial charge in [-0.05, 0) is 43.3 Å². The third-order valence-electron chi connectivity index (χ3n) is 5.86. The molecule has 2 aliphatic heterocycles. The molecule has 8 heteroatoms. The van der Waals surface area contributed by atoms with E-state index < -0.39 is 0 Å². The summed E-state index contributed by atoms with van der Waals surface area (Å²) >= 11 is 1.50. The number of carbonyl (C=O) groups excluding carboxylic acids is 3. The number of thiophene rings is 1. The van der Waals surface area contributed by atoms with Crippen molar-refractivity contribution in [3.05, 3.63) is 46.7 Å². The molecule has 2 saturated heterocycles. The maximum Gasteiger partial charge on any atom is 0.252 e. The van der Waals surface area contributed by atoms with Crippen LogP contribution in [0.15, 0.2) is 41.1 Å². The number of hydrogen-bond donors (Lipinski definition) is 1. The first-order chi connectivity index (χ1) is 15.1. The predicted octanol–water partition coefficient (Wildman–Crippen LogP) is 2.92. The molecule has 1 N–H and O–H groups in total. The number of amides is 3. The lowest BCUT2D eigenvalue weighted by atomic mass is 10.0. The van der Waals surface area contributed by atoms with Crippen molar-refractivity contribution in [2.75, 3.05) is 31.1 Å². The number of likely N-dealkylation sites (tertiary alicyclic amines) is 1. The smallest absolute Gasteiger partial charge is 0.252 e. The molecule has 3 heterocycles. The van der Waals surface area contributed by atoms with Crippen LogP contribution in [0.1, 0.15) is 36.5 Å². The zero-order chi connectivity index (χ0) is 21.8. The standard InChI is InChI=1S/C23H27N3O4S/c1-2-30-20-6-4-3-5-19(20)26-14-17(13-21(26)27)23(29)25-10-7-18(8-11-25)24-22(28)16-9-12-31-15-16/h3-6,9,12,15,17-18H,2,7-8,10-11,13-14H2,1H3,(H,24,28). The Hall–Kier alpha value is -2.87. The average molecular weight is 442 g/mol. The van der Waals surface area contributed by atoms with Crippen molar-refractivity contribution in [3.8, 4) is 5.75 Å². The molecule has 164 valence electrons. The SMILES string of the molecule is CCOc1ccccc1N1CC(C(=O)N2CCC(NC(=O)c3ccsc3)CC2)CC1=O. The van der Waals surface area contributed by atoms with Crippen molar-refractivity contribution in [1.29, 1.82) is 0 Å². The summed E-state index contributed by atoms with van der Waals surface area (Å²) in [4.78, 5) is 41.5. The molecular weight excluding hydrogens is 414 g/mol. The lowest BCUT2D eigenvalue weighted by molar-refractivity contribution is -0.136. The van der Waals surface area contributed by atoms with Crippen molar-refractivity contribution in [1.82, 2.24) is 10.2 Å². The Bertz CT molecular complexity index is 938. The third kappa shape index (κ3) is 4.74. The number of para-hydroxylation sites is 2. The second-order valence-electron chi connectivity index (χ2n) is 7.89. The van der Waals surface area contributed by atoms with Gasteiger partial charge >= 0.3 is 0 Å². The van der Waals surface area contributed by atoms with Gasteiger partial charge in [0.25, 0.3) is 5.91 Å². The lowest BCUT2D eigenvalue weighted by Crippen LogP contribution is -2.48. The normalized spacial score (nSPS) is 19.5. The number of ether oxygens (including phenoxy) is 1. The van der Waals surface area contributed by atoms with Crippen LogP contribution in [0.3, 0.4) is 0 Å². The van der Waals surface area contributed by atoms with Gasteiger partial charge in [-0.1, -0.05) is 12.1 Å². The Morgan fingerprint density at radius 3 is 2.68 bits per heavy atom. The van der Waals surface area contributed by atoms with Crippen LogP contribution in [0, 0.1) is 5.92 Å². The fraction of sp³-hybridized carbons (Fsp3) is 0.435. The van der Waals surface area contributed by atoms with Crippen molar-refractivity contribution in [3.63, 3.8) is 0 Å². The van der Waals surface area contributed by atoms with Crippen molar-refractivity contribution in [2.24, 2.45) is 5.92 Å². The highest BCUT2D eigenvalue weighted by atomic mass is 32.1. The lowest BCUT2D eigenvalue weighted by Gasteiger charge is -2.33. The first kappa shape index (κ1) is 21.4. The predicted molar refractivity (Wildman–Crippen MR) is 119 cm³/mol. The molecule has 4 rings (SSSR count). The Kier molecular flexibility index (Phi) is 6.56. The molecule has 1 atom stereocenters. The summed E-state index contributed by atoms with van der Waals surface area (Å²) in [7, 11) is 0. The molecule has 2 aliphatic rings.